The monoisotopic (exact) mass is 440 g/mol. The Morgan fingerprint density at radius 3 is 2.69 bits per heavy atom. The lowest BCUT2D eigenvalue weighted by Gasteiger charge is -2.27. The molecule has 0 fully saturated rings. The Labute approximate surface area is 181 Å². The number of anilines is 1. The van der Waals surface area contributed by atoms with Crippen molar-refractivity contribution in [1.29, 1.82) is 5.41 Å². The number of aromatic nitrogens is 3. The van der Waals surface area contributed by atoms with Crippen LogP contribution in [0.25, 0.3) is 11.3 Å². The number of hydrogen-bond donors (Lipinski definition) is 3. The molecule has 0 radical (unpaired) electrons. The van der Waals surface area contributed by atoms with Crippen LogP contribution >= 0.6 is 0 Å². The predicted octanol–water partition coefficient (Wildman–Crippen LogP) is 3.94. The molecule has 0 saturated heterocycles. The second-order valence-electron chi connectivity index (χ2n) is 7.43. The number of alkyl halides is 3. The number of halogens is 3. The quantitative estimate of drug-likeness (QED) is 0.531. The van der Waals surface area contributed by atoms with E-state index in [1.165, 1.54) is 6.33 Å². The van der Waals surface area contributed by atoms with Crippen molar-refractivity contribution in [3.05, 3.63) is 70.8 Å². The summed E-state index contributed by atoms with van der Waals surface area (Å²) in [5, 5.41) is 10.5. The topological polar surface area (TPSA) is 118 Å². The highest BCUT2D eigenvalue weighted by molar-refractivity contribution is 5.93. The number of nitrogen functional groups attached to an aromatic ring is 1. The maximum Gasteiger partial charge on any atom is 0.417 e. The number of fused-ring (bicyclic) bond motifs is 1. The fraction of sp³-hybridized carbons (Fsp3) is 0.227. The van der Waals surface area contributed by atoms with E-state index in [1.54, 1.807) is 0 Å². The van der Waals surface area contributed by atoms with E-state index in [2.05, 4.69) is 20.3 Å². The molecule has 0 aliphatic heterocycles. The summed E-state index contributed by atoms with van der Waals surface area (Å²) in [4.78, 5) is 24.4. The Morgan fingerprint density at radius 2 is 2.00 bits per heavy atom. The summed E-state index contributed by atoms with van der Waals surface area (Å²) >= 11 is 0. The van der Waals surface area contributed by atoms with Gasteiger partial charge in [-0.1, -0.05) is 12.1 Å². The zero-order valence-electron chi connectivity index (χ0n) is 16.8. The molecule has 10 heteroatoms. The fourth-order valence-corrected chi connectivity index (χ4v) is 3.82. The number of carbonyl (C=O) groups is 1. The first-order valence-corrected chi connectivity index (χ1v) is 9.86. The van der Waals surface area contributed by atoms with Crippen LogP contribution in [0.15, 0.2) is 42.9 Å². The summed E-state index contributed by atoms with van der Waals surface area (Å²) in [7, 11) is 0. The van der Waals surface area contributed by atoms with Gasteiger partial charge in [-0.2, -0.15) is 13.2 Å². The smallest absolute Gasteiger partial charge is 0.383 e. The van der Waals surface area contributed by atoms with Crippen LogP contribution in [0.3, 0.4) is 0 Å². The molecule has 164 valence electrons. The van der Waals surface area contributed by atoms with Gasteiger partial charge < -0.3 is 16.5 Å². The van der Waals surface area contributed by atoms with Crippen molar-refractivity contribution in [2.75, 3.05) is 5.73 Å². The number of carbonyl (C=O) groups excluding carboxylic acids is 1. The van der Waals surface area contributed by atoms with Gasteiger partial charge in [0, 0.05) is 18.0 Å². The zero-order valence-corrected chi connectivity index (χ0v) is 16.8. The zero-order chi connectivity index (χ0) is 22.9. The van der Waals surface area contributed by atoms with Crippen LogP contribution in [-0.2, 0) is 12.6 Å². The lowest BCUT2D eigenvalue weighted by Crippen LogP contribution is -2.31. The van der Waals surface area contributed by atoms with Crippen molar-refractivity contribution in [1.82, 2.24) is 20.3 Å². The summed E-state index contributed by atoms with van der Waals surface area (Å²) in [5.41, 5.74) is 8.59. The molecular formula is C22H19F3N6O. The molecule has 1 amide bonds. The van der Waals surface area contributed by atoms with E-state index in [0.717, 1.165) is 47.9 Å². The maximum absolute atomic E-state index is 12.7. The molecule has 1 aliphatic carbocycles. The Balaban J connectivity index is 1.57. The molecule has 2 heterocycles. The summed E-state index contributed by atoms with van der Waals surface area (Å²) in [5.74, 6) is -0.313. The Morgan fingerprint density at radius 1 is 1.19 bits per heavy atom. The van der Waals surface area contributed by atoms with Gasteiger partial charge in [0.05, 0.1) is 22.9 Å². The van der Waals surface area contributed by atoms with Crippen LogP contribution in [0.2, 0.25) is 0 Å². The van der Waals surface area contributed by atoms with Crippen molar-refractivity contribution in [2.45, 2.75) is 31.5 Å². The first-order chi connectivity index (χ1) is 15.3. The van der Waals surface area contributed by atoms with Crippen LogP contribution in [0.1, 0.15) is 51.6 Å². The van der Waals surface area contributed by atoms with Gasteiger partial charge in [0.25, 0.3) is 5.91 Å². The van der Waals surface area contributed by atoms with Gasteiger partial charge in [-0.05, 0) is 48.6 Å². The van der Waals surface area contributed by atoms with Crippen molar-refractivity contribution in [3.8, 4) is 11.3 Å². The molecule has 0 bridgehead atoms. The average molecular weight is 440 g/mol. The number of rotatable bonds is 4. The molecule has 2 aromatic heterocycles. The van der Waals surface area contributed by atoms with Gasteiger partial charge in [-0.3, -0.25) is 9.78 Å². The van der Waals surface area contributed by atoms with Gasteiger partial charge in [-0.25, -0.2) is 9.97 Å². The molecule has 1 aliphatic rings. The highest BCUT2D eigenvalue weighted by Gasteiger charge is 2.31. The minimum atomic E-state index is -4.51. The number of nitrogens with two attached hydrogens (primary N) is 1. The predicted molar refractivity (Wildman–Crippen MR) is 112 cm³/mol. The molecule has 0 saturated carbocycles. The third-order valence-corrected chi connectivity index (χ3v) is 5.42. The van der Waals surface area contributed by atoms with Gasteiger partial charge in [0.2, 0.25) is 0 Å². The van der Waals surface area contributed by atoms with Crippen molar-refractivity contribution >= 4 is 17.9 Å². The summed E-state index contributed by atoms with van der Waals surface area (Å²) in [6.07, 6.45) is 0.935. The lowest BCUT2D eigenvalue weighted by molar-refractivity contribution is -0.137. The lowest BCUT2D eigenvalue weighted by atomic mass is 9.86. The standard InChI is InChI=1S/C22H19F3N6O/c23-22(24,25)14-5-7-18(28-10-14)21(32)31-17-3-1-2-12-8-13(4-6-15(12)17)19-16(9-26)20(27)30-11-29-19/h4-11,17,26H,1-3H2,(H,31,32)(H2,27,29,30). The molecular weight excluding hydrogens is 421 g/mol. The number of aryl methyl sites for hydroxylation is 1. The van der Waals surface area contributed by atoms with Gasteiger partial charge in [-0.15, -0.1) is 0 Å². The van der Waals surface area contributed by atoms with Crippen molar-refractivity contribution in [3.63, 3.8) is 0 Å². The number of nitrogens with one attached hydrogen (secondary N) is 2. The Kier molecular flexibility index (Phi) is 5.60. The van der Waals surface area contributed by atoms with Gasteiger partial charge in [0.15, 0.2) is 0 Å². The van der Waals surface area contributed by atoms with Crippen LogP contribution in [-0.4, -0.2) is 27.1 Å². The van der Waals surface area contributed by atoms with Crippen molar-refractivity contribution in [2.24, 2.45) is 0 Å². The highest BCUT2D eigenvalue weighted by atomic mass is 19.4. The van der Waals surface area contributed by atoms with Crippen LogP contribution in [0.5, 0.6) is 0 Å². The van der Waals surface area contributed by atoms with Gasteiger partial charge in [0.1, 0.15) is 17.8 Å². The molecule has 1 unspecified atom stereocenters. The van der Waals surface area contributed by atoms with Crippen LogP contribution in [0.4, 0.5) is 19.0 Å². The molecule has 1 atom stereocenters. The minimum absolute atomic E-state index is 0.0752. The van der Waals surface area contributed by atoms with Crippen molar-refractivity contribution < 1.29 is 18.0 Å². The van der Waals surface area contributed by atoms with E-state index in [1.807, 2.05) is 18.2 Å². The Bertz CT molecular complexity index is 1180. The molecule has 0 spiro atoms. The first-order valence-electron chi connectivity index (χ1n) is 9.86. The minimum Gasteiger partial charge on any atom is -0.383 e. The van der Waals surface area contributed by atoms with E-state index in [-0.39, 0.29) is 17.6 Å². The number of hydrogen-bond acceptors (Lipinski definition) is 6. The SMILES string of the molecule is N=Cc1c(N)ncnc1-c1ccc2c(c1)CCCC2NC(=O)c1ccc(C(F)(F)F)cn1. The Hall–Kier alpha value is -3.82. The molecule has 7 nitrogen and oxygen atoms in total. The number of benzene rings is 1. The third-order valence-electron chi connectivity index (χ3n) is 5.42. The van der Waals surface area contributed by atoms with E-state index in [9.17, 15) is 18.0 Å². The number of amides is 1. The van der Waals surface area contributed by atoms with E-state index in [0.29, 0.717) is 23.9 Å². The third kappa shape index (κ3) is 4.16. The normalized spacial score (nSPS) is 15.7. The molecule has 3 aromatic rings. The molecule has 1 aromatic carbocycles. The van der Waals surface area contributed by atoms with E-state index < -0.39 is 17.6 Å². The largest absolute Gasteiger partial charge is 0.417 e. The van der Waals surface area contributed by atoms with Crippen LogP contribution < -0.4 is 11.1 Å². The second kappa shape index (κ2) is 8.37. The average Bonchev–Trinajstić information content (AvgIpc) is 2.78. The summed E-state index contributed by atoms with van der Waals surface area (Å²) in [6.45, 7) is 0. The van der Waals surface area contributed by atoms with Gasteiger partial charge >= 0.3 is 6.18 Å². The number of nitrogens with zero attached hydrogens (tertiary/aromatic N) is 3. The number of pyridine rings is 1. The van der Waals surface area contributed by atoms with E-state index >= 15 is 0 Å². The molecule has 32 heavy (non-hydrogen) atoms. The van der Waals surface area contributed by atoms with Crippen LogP contribution in [0, 0.1) is 5.41 Å². The van der Waals surface area contributed by atoms with E-state index in [4.69, 9.17) is 11.1 Å². The highest BCUT2D eigenvalue weighted by Crippen LogP contribution is 2.34. The molecule has 4 rings (SSSR count). The molecule has 4 N–H and O–H groups in total. The maximum atomic E-state index is 12.7. The summed E-state index contributed by atoms with van der Waals surface area (Å²) in [6, 6.07) is 7.32. The first kappa shape index (κ1) is 21.4. The fourth-order valence-electron chi connectivity index (χ4n) is 3.82. The summed E-state index contributed by atoms with van der Waals surface area (Å²) < 4.78 is 38.1. The second-order valence-corrected chi connectivity index (χ2v) is 7.43.